The Balaban J connectivity index is 2.64. The zero-order chi connectivity index (χ0) is 19.7. The van der Waals surface area contributed by atoms with Gasteiger partial charge in [0, 0.05) is 24.0 Å². The van der Waals surface area contributed by atoms with E-state index < -0.39 is 0 Å². The monoisotopic (exact) mass is 381 g/mol. The van der Waals surface area contributed by atoms with Gasteiger partial charge in [0.15, 0.2) is 5.13 Å². The van der Waals surface area contributed by atoms with Crippen LogP contribution in [0.15, 0.2) is 6.20 Å². The van der Waals surface area contributed by atoms with Crippen molar-refractivity contribution in [3.63, 3.8) is 0 Å². The molecule has 6 heteroatoms. The highest BCUT2D eigenvalue weighted by Gasteiger charge is 2.22. The summed E-state index contributed by atoms with van der Waals surface area (Å²) in [6, 6.07) is 0. The molecule has 0 bridgehead atoms. The van der Waals surface area contributed by atoms with E-state index in [-0.39, 0.29) is 23.8 Å². The predicted octanol–water partition coefficient (Wildman–Crippen LogP) is 4.87. The number of rotatable bonds is 10. The van der Waals surface area contributed by atoms with Crippen molar-refractivity contribution in [2.45, 2.75) is 73.6 Å². The van der Waals surface area contributed by atoms with E-state index in [1.54, 1.807) is 11.1 Å². The van der Waals surface area contributed by atoms with Crippen molar-refractivity contribution in [3.05, 3.63) is 11.1 Å². The maximum atomic E-state index is 12.8. The zero-order valence-corrected chi connectivity index (χ0v) is 18.0. The van der Waals surface area contributed by atoms with Crippen LogP contribution in [0.2, 0.25) is 0 Å². The highest BCUT2D eigenvalue weighted by Crippen LogP contribution is 2.26. The Labute approximate surface area is 162 Å². The minimum absolute atomic E-state index is 0.0725. The number of aromatic nitrogens is 1. The maximum Gasteiger partial charge on any atom is 0.245 e. The molecule has 1 N–H and O–H groups in total. The van der Waals surface area contributed by atoms with Crippen LogP contribution >= 0.6 is 11.3 Å². The second kappa shape index (κ2) is 10.7. The Kier molecular flexibility index (Phi) is 9.27. The van der Waals surface area contributed by atoms with Gasteiger partial charge in [0.25, 0.3) is 0 Å². The fourth-order valence-corrected chi connectivity index (χ4v) is 3.81. The van der Waals surface area contributed by atoms with Gasteiger partial charge in [-0.05, 0) is 31.1 Å². The molecule has 1 atom stereocenters. The van der Waals surface area contributed by atoms with Gasteiger partial charge >= 0.3 is 0 Å². The molecular formula is C20H35N3O2S. The molecule has 1 unspecified atom stereocenters. The second-order valence-electron chi connectivity index (χ2n) is 8.42. The largest absolute Gasteiger partial charge is 0.333 e. The van der Waals surface area contributed by atoms with E-state index in [1.807, 2.05) is 6.92 Å². The lowest BCUT2D eigenvalue weighted by atomic mass is 9.84. The lowest BCUT2D eigenvalue weighted by Gasteiger charge is -2.26. The van der Waals surface area contributed by atoms with E-state index in [9.17, 15) is 9.59 Å². The molecule has 5 nitrogen and oxygen atoms in total. The van der Waals surface area contributed by atoms with Crippen LogP contribution in [0, 0.1) is 18.3 Å². The van der Waals surface area contributed by atoms with Crippen molar-refractivity contribution in [2.75, 3.05) is 18.4 Å². The third-order valence-corrected chi connectivity index (χ3v) is 4.90. The van der Waals surface area contributed by atoms with Crippen molar-refractivity contribution in [3.8, 4) is 0 Å². The normalized spacial score (nSPS) is 12.7. The molecule has 1 aromatic heterocycles. The molecular weight excluding hydrogens is 346 g/mol. The fraction of sp³-hybridized carbons (Fsp3) is 0.750. The number of amides is 2. The lowest BCUT2D eigenvalue weighted by molar-refractivity contribution is -0.135. The molecule has 0 saturated heterocycles. The van der Waals surface area contributed by atoms with Crippen molar-refractivity contribution in [1.82, 2.24) is 9.88 Å². The zero-order valence-electron chi connectivity index (χ0n) is 17.2. The number of hydrogen-bond donors (Lipinski definition) is 1. The standard InChI is InChI=1S/C20H35N3O2S/c1-7-8-9-10-23(18(25)11-15(2)12-20(4,5)6)14-17(24)22-19-21-13-16(3)26-19/h13,15H,7-12,14H2,1-6H3,(H,21,22,24). The summed E-state index contributed by atoms with van der Waals surface area (Å²) < 4.78 is 0. The molecule has 26 heavy (non-hydrogen) atoms. The Morgan fingerprint density at radius 2 is 2.00 bits per heavy atom. The summed E-state index contributed by atoms with van der Waals surface area (Å²) >= 11 is 1.44. The van der Waals surface area contributed by atoms with Gasteiger partial charge in [0.05, 0.1) is 6.54 Å². The summed E-state index contributed by atoms with van der Waals surface area (Å²) in [5.74, 6) is 0.205. The van der Waals surface area contributed by atoms with Crippen LogP contribution in [-0.4, -0.2) is 34.8 Å². The molecule has 1 rings (SSSR count). The lowest BCUT2D eigenvalue weighted by Crippen LogP contribution is -2.39. The minimum atomic E-state index is -0.173. The van der Waals surface area contributed by atoms with Crippen LogP contribution in [0.25, 0.3) is 0 Å². The molecule has 1 heterocycles. The van der Waals surface area contributed by atoms with Crippen LogP contribution in [-0.2, 0) is 9.59 Å². The Hall–Kier alpha value is -1.43. The molecule has 0 spiro atoms. The van der Waals surface area contributed by atoms with E-state index in [4.69, 9.17) is 0 Å². The van der Waals surface area contributed by atoms with Gasteiger partial charge < -0.3 is 10.2 Å². The van der Waals surface area contributed by atoms with Crippen LogP contribution in [0.5, 0.6) is 0 Å². The fourth-order valence-electron chi connectivity index (χ4n) is 3.13. The van der Waals surface area contributed by atoms with Crippen molar-refractivity contribution >= 4 is 28.3 Å². The number of anilines is 1. The first-order chi connectivity index (χ1) is 12.1. The highest BCUT2D eigenvalue weighted by atomic mass is 32.1. The quantitative estimate of drug-likeness (QED) is 0.588. The summed E-state index contributed by atoms with van der Waals surface area (Å²) in [7, 11) is 0. The third kappa shape index (κ3) is 9.32. The first kappa shape index (κ1) is 22.6. The Morgan fingerprint density at radius 1 is 1.31 bits per heavy atom. The molecule has 0 aliphatic rings. The number of nitrogens with one attached hydrogen (secondary N) is 1. The van der Waals surface area contributed by atoms with Crippen LogP contribution in [0.1, 0.15) is 71.6 Å². The Morgan fingerprint density at radius 3 is 2.54 bits per heavy atom. The molecule has 0 radical (unpaired) electrons. The second-order valence-corrected chi connectivity index (χ2v) is 9.66. The smallest absolute Gasteiger partial charge is 0.245 e. The number of thiazole rings is 1. The number of hydrogen-bond acceptors (Lipinski definition) is 4. The van der Waals surface area contributed by atoms with Crippen LogP contribution in [0.4, 0.5) is 5.13 Å². The van der Waals surface area contributed by atoms with Crippen LogP contribution in [0.3, 0.4) is 0 Å². The predicted molar refractivity (Wildman–Crippen MR) is 109 cm³/mol. The number of nitrogens with zero attached hydrogens (tertiary/aromatic N) is 2. The highest BCUT2D eigenvalue weighted by molar-refractivity contribution is 7.15. The summed E-state index contributed by atoms with van der Waals surface area (Å²) in [5.41, 5.74) is 0.201. The van der Waals surface area contributed by atoms with Gasteiger partial charge in [0.2, 0.25) is 11.8 Å². The molecule has 0 saturated carbocycles. The minimum Gasteiger partial charge on any atom is -0.333 e. The van der Waals surface area contributed by atoms with E-state index in [0.717, 1.165) is 30.6 Å². The van der Waals surface area contributed by atoms with Crippen molar-refractivity contribution in [2.24, 2.45) is 11.3 Å². The van der Waals surface area contributed by atoms with Crippen molar-refractivity contribution in [1.29, 1.82) is 0 Å². The SMILES string of the molecule is CCCCCN(CC(=O)Nc1ncc(C)s1)C(=O)CC(C)CC(C)(C)C. The number of unbranched alkanes of at least 4 members (excludes halogenated alkanes) is 2. The van der Waals surface area contributed by atoms with Crippen LogP contribution < -0.4 is 5.32 Å². The third-order valence-electron chi connectivity index (χ3n) is 4.07. The number of aryl methyl sites for hydroxylation is 1. The molecule has 2 amide bonds. The maximum absolute atomic E-state index is 12.8. The average Bonchev–Trinajstić information content (AvgIpc) is 2.89. The number of carbonyl (C=O) groups is 2. The topological polar surface area (TPSA) is 62.3 Å². The first-order valence-electron chi connectivity index (χ1n) is 9.60. The average molecular weight is 382 g/mol. The van der Waals surface area contributed by atoms with E-state index >= 15 is 0 Å². The number of carbonyl (C=O) groups excluding carboxylic acids is 2. The van der Waals surface area contributed by atoms with Gasteiger partial charge in [-0.3, -0.25) is 9.59 Å². The summed E-state index contributed by atoms with van der Waals surface area (Å²) in [4.78, 5) is 32.0. The molecule has 0 fully saturated rings. The summed E-state index contributed by atoms with van der Waals surface area (Å²) in [6.45, 7) is 13.5. The van der Waals surface area contributed by atoms with Gasteiger partial charge in [-0.1, -0.05) is 47.5 Å². The van der Waals surface area contributed by atoms with Gasteiger partial charge in [0.1, 0.15) is 0 Å². The molecule has 148 valence electrons. The molecule has 0 aromatic carbocycles. The van der Waals surface area contributed by atoms with Gasteiger partial charge in [-0.15, -0.1) is 11.3 Å². The molecule has 0 aliphatic heterocycles. The molecule has 1 aromatic rings. The van der Waals surface area contributed by atoms with E-state index in [1.165, 1.54) is 11.3 Å². The van der Waals surface area contributed by atoms with E-state index in [0.29, 0.717) is 24.0 Å². The Bertz CT molecular complexity index is 578. The summed E-state index contributed by atoms with van der Waals surface area (Å²) in [5, 5.41) is 3.40. The first-order valence-corrected chi connectivity index (χ1v) is 10.4. The van der Waals surface area contributed by atoms with Gasteiger partial charge in [-0.2, -0.15) is 0 Å². The summed E-state index contributed by atoms with van der Waals surface area (Å²) in [6.07, 6.45) is 6.30. The van der Waals surface area contributed by atoms with E-state index in [2.05, 4.69) is 44.9 Å². The molecule has 0 aliphatic carbocycles. The van der Waals surface area contributed by atoms with Crippen molar-refractivity contribution < 1.29 is 9.59 Å². The van der Waals surface area contributed by atoms with Gasteiger partial charge in [-0.25, -0.2) is 4.98 Å².